The van der Waals surface area contributed by atoms with Gasteiger partial charge in [-0.1, -0.05) is 29.8 Å². The van der Waals surface area contributed by atoms with Crippen LogP contribution in [0, 0.1) is 5.82 Å². The second kappa shape index (κ2) is 5.68. The minimum atomic E-state index is -3.76. The highest BCUT2D eigenvalue weighted by molar-refractivity contribution is 7.91. The highest BCUT2D eigenvalue weighted by atomic mass is 35.5. The zero-order chi connectivity index (χ0) is 14.8. The van der Waals surface area contributed by atoms with Gasteiger partial charge in [0.2, 0.25) is 10.0 Å². The molecular weight excluding hydrogens is 303 g/mol. The van der Waals surface area contributed by atoms with Crippen molar-refractivity contribution in [1.29, 1.82) is 0 Å². The van der Waals surface area contributed by atoms with Gasteiger partial charge in [-0.25, -0.2) is 12.8 Å². The second-order valence-electron chi connectivity index (χ2n) is 4.18. The molecule has 0 saturated heterocycles. The smallest absolute Gasteiger partial charge is 0.237 e. The van der Waals surface area contributed by atoms with Gasteiger partial charge in [-0.2, -0.15) is 0 Å². The summed E-state index contributed by atoms with van der Waals surface area (Å²) in [6.07, 6.45) is 0. The van der Waals surface area contributed by atoms with Crippen molar-refractivity contribution in [2.45, 2.75) is 5.75 Å². The molecule has 0 atom stereocenters. The van der Waals surface area contributed by atoms with Gasteiger partial charge in [0.25, 0.3) is 0 Å². The third kappa shape index (κ3) is 3.61. The van der Waals surface area contributed by atoms with Gasteiger partial charge in [0, 0.05) is 10.7 Å². The first-order chi connectivity index (χ1) is 9.37. The van der Waals surface area contributed by atoms with E-state index in [0.717, 1.165) is 6.07 Å². The maximum absolute atomic E-state index is 13.6. The predicted molar refractivity (Wildman–Crippen MR) is 78.5 cm³/mol. The fraction of sp³-hybridized carbons (Fsp3) is 0.0769. The summed E-state index contributed by atoms with van der Waals surface area (Å²) in [7, 11) is -3.76. The first-order valence-electron chi connectivity index (χ1n) is 5.66. The second-order valence-corrected chi connectivity index (χ2v) is 6.34. The van der Waals surface area contributed by atoms with Crippen molar-refractivity contribution in [3.05, 3.63) is 58.9 Å². The van der Waals surface area contributed by atoms with Crippen molar-refractivity contribution in [1.82, 2.24) is 0 Å². The Kier molecular flexibility index (Phi) is 4.15. The van der Waals surface area contributed by atoms with Crippen LogP contribution in [0.25, 0.3) is 0 Å². The molecule has 0 unspecified atom stereocenters. The van der Waals surface area contributed by atoms with Crippen LogP contribution >= 0.6 is 11.6 Å². The molecule has 0 radical (unpaired) electrons. The van der Waals surface area contributed by atoms with Gasteiger partial charge in [-0.15, -0.1) is 0 Å². The first-order valence-corrected chi connectivity index (χ1v) is 7.69. The summed E-state index contributed by atoms with van der Waals surface area (Å²) in [5.41, 5.74) is 6.36. The van der Waals surface area contributed by atoms with Gasteiger partial charge in [0.1, 0.15) is 5.82 Å². The Morgan fingerprint density at radius 2 is 1.90 bits per heavy atom. The topological polar surface area (TPSA) is 72.2 Å². The lowest BCUT2D eigenvalue weighted by molar-refractivity contribution is 0.598. The number of benzene rings is 2. The summed E-state index contributed by atoms with van der Waals surface area (Å²) in [6, 6.07) is 10.3. The number of nitrogens with one attached hydrogen (secondary N) is 1. The van der Waals surface area contributed by atoms with E-state index < -0.39 is 15.8 Å². The van der Waals surface area contributed by atoms with E-state index in [4.69, 9.17) is 17.3 Å². The number of sulfonamides is 1. The monoisotopic (exact) mass is 314 g/mol. The Morgan fingerprint density at radius 1 is 1.20 bits per heavy atom. The van der Waals surface area contributed by atoms with Crippen LogP contribution in [0.4, 0.5) is 15.8 Å². The minimum absolute atomic E-state index is 0.149. The van der Waals surface area contributed by atoms with E-state index in [2.05, 4.69) is 4.72 Å². The quantitative estimate of drug-likeness (QED) is 0.852. The van der Waals surface area contributed by atoms with E-state index in [1.165, 1.54) is 12.1 Å². The van der Waals surface area contributed by atoms with Crippen molar-refractivity contribution < 1.29 is 12.8 Å². The molecule has 0 aliphatic rings. The molecule has 0 bridgehead atoms. The number of nitrogen functional groups attached to an aromatic ring is 1. The number of hydrogen-bond donors (Lipinski definition) is 2. The molecule has 0 fully saturated rings. The van der Waals surface area contributed by atoms with Crippen molar-refractivity contribution in [3.63, 3.8) is 0 Å². The van der Waals surface area contributed by atoms with E-state index in [-0.39, 0.29) is 16.5 Å². The Balaban J connectivity index is 2.22. The van der Waals surface area contributed by atoms with Crippen LogP contribution in [-0.4, -0.2) is 8.42 Å². The van der Waals surface area contributed by atoms with Crippen LogP contribution in [-0.2, 0) is 15.8 Å². The molecular formula is C13H12ClFN2O2S. The van der Waals surface area contributed by atoms with E-state index in [1.807, 2.05) is 0 Å². The van der Waals surface area contributed by atoms with Crippen molar-refractivity contribution >= 4 is 33.0 Å². The molecule has 0 heterocycles. The lowest BCUT2D eigenvalue weighted by Gasteiger charge is -2.10. The molecule has 0 amide bonds. The summed E-state index contributed by atoms with van der Waals surface area (Å²) in [4.78, 5) is 0. The van der Waals surface area contributed by atoms with Crippen molar-refractivity contribution in [3.8, 4) is 0 Å². The SMILES string of the molecule is Nc1ccccc1CS(=O)(=O)Nc1ccc(Cl)cc1F. The molecule has 0 aliphatic carbocycles. The number of nitrogens with two attached hydrogens (primary N) is 1. The molecule has 0 spiro atoms. The molecule has 106 valence electrons. The molecule has 7 heteroatoms. The molecule has 4 nitrogen and oxygen atoms in total. The van der Waals surface area contributed by atoms with Crippen molar-refractivity contribution in [2.75, 3.05) is 10.5 Å². The lowest BCUT2D eigenvalue weighted by atomic mass is 10.2. The lowest BCUT2D eigenvalue weighted by Crippen LogP contribution is -2.16. The summed E-state index contributed by atoms with van der Waals surface area (Å²) >= 11 is 5.60. The number of hydrogen-bond acceptors (Lipinski definition) is 3. The van der Waals surface area contributed by atoms with Gasteiger partial charge < -0.3 is 5.73 Å². The first kappa shape index (κ1) is 14.6. The van der Waals surface area contributed by atoms with Crippen LogP contribution in [0.2, 0.25) is 5.02 Å². The molecule has 2 aromatic rings. The van der Waals surface area contributed by atoms with E-state index >= 15 is 0 Å². The molecule has 0 aromatic heterocycles. The van der Waals surface area contributed by atoms with Gasteiger partial charge in [0.05, 0.1) is 11.4 Å². The minimum Gasteiger partial charge on any atom is -0.398 e. The largest absolute Gasteiger partial charge is 0.398 e. The third-order valence-electron chi connectivity index (χ3n) is 2.60. The molecule has 2 aromatic carbocycles. The summed E-state index contributed by atoms with van der Waals surface area (Å²) in [6.45, 7) is 0. The average molecular weight is 315 g/mol. The molecule has 0 saturated carbocycles. The van der Waals surface area contributed by atoms with Crippen LogP contribution in [0.1, 0.15) is 5.56 Å². The molecule has 2 rings (SSSR count). The fourth-order valence-corrected chi connectivity index (χ4v) is 3.05. The highest BCUT2D eigenvalue weighted by Gasteiger charge is 2.15. The Bertz CT molecular complexity index is 735. The Morgan fingerprint density at radius 3 is 2.55 bits per heavy atom. The molecule has 0 aliphatic heterocycles. The third-order valence-corrected chi connectivity index (χ3v) is 4.05. The zero-order valence-corrected chi connectivity index (χ0v) is 11.9. The van der Waals surface area contributed by atoms with Crippen molar-refractivity contribution in [2.24, 2.45) is 0 Å². The highest BCUT2D eigenvalue weighted by Crippen LogP contribution is 2.21. The Labute approximate surface area is 121 Å². The van der Waals surface area contributed by atoms with E-state index in [0.29, 0.717) is 11.3 Å². The van der Waals surface area contributed by atoms with Gasteiger partial charge in [-0.05, 0) is 29.8 Å². The van der Waals surface area contributed by atoms with E-state index in [9.17, 15) is 12.8 Å². The normalized spacial score (nSPS) is 11.3. The standard InChI is InChI=1S/C13H12ClFN2O2S/c14-10-5-6-13(11(15)7-10)17-20(18,19)8-9-3-1-2-4-12(9)16/h1-7,17H,8,16H2. The zero-order valence-electron chi connectivity index (χ0n) is 10.3. The average Bonchev–Trinajstić information content (AvgIpc) is 2.35. The number of halogens is 2. The van der Waals surface area contributed by atoms with Gasteiger partial charge in [-0.3, -0.25) is 4.72 Å². The summed E-state index contributed by atoms with van der Waals surface area (Å²) < 4.78 is 39.7. The summed E-state index contributed by atoms with van der Waals surface area (Å²) in [5.74, 6) is -1.07. The van der Waals surface area contributed by atoms with Crippen LogP contribution in [0.5, 0.6) is 0 Å². The number of para-hydroxylation sites is 1. The van der Waals surface area contributed by atoms with Crippen LogP contribution in [0.3, 0.4) is 0 Å². The van der Waals surface area contributed by atoms with Gasteiger partial charge in [0.15, 0.2) is 0 Å². The maximum atomic E-state index is 13.6. The predicted octanol–water partition coefficient (Wildman–Crippen LogP) is 3.00. The maximum Gasteiger partial charge on any atom is 0.237 e. The van der Waals surface area contributed by atoms with Crippen LogP contribution in [0.15, 0.2) is 42.5 Å². The summed E-state index contributed by atoms with van der Waals surface area (Å²) in [5, 5.41) is 0.192. The Hall–Kier alpha value is -1.79. The van der Waals surface area contributed by atoms with Gasteiger partial charge >= 0.3 is 0 Å². The number of anilines is 2. The molecule has 3 N–H and O–H groups in total. The van der Waals surface area contributed by atoms with E-state index in [1.54, 1.807) is 24.3 Å². The fourth-order valence-electron chi connectivity index (χ4n) is 1.65. The molecule has 20 heavy (non-hydrogen) atoms. The number of rotatable bonds is 4. The van der Waals surface area contributed by atoms with Crippen LogP contribution < -0.4 is 10.5 Å².